The summed E-state index contributed by atoms with van der Waals surface area (Å²) in [6, 6.07) is 0. The second-order valence-corrected chi connectivity index (χ2v) is 5.81. The summed E-state index contributed by atoms with van der Waals surface area (Å²) in [6.07, 6.45) is 4.77. The van der Waals surface area contributed by atoms with Crippen LogP contribution >= 0.6 is 0 Å². The number of rotatable bonds is 7. The first-order valence-corrected chi connectivity index (χ1v) is 7.45. The van der Waals surface area contributed by atoms with Crippen LogP contribution in [0.15, 0.2) is 0 Å². The molecule has 0 spiro atoms. The maximum atomic E-state index is 11.9. The van der Waals surface area contributed by atoms with Gasteiger partial charge >= 0.3 is 0 Å². The lowest BCUT2D eigenvalue weighted by atomic mass is 9.90. The molecule has 2 rings (SSSR count). The number of nitrogens with two attached hydrogens (primary N) is 1. The van der Waals surface area contributed by atoms with Crippen LogP contribution in [0.4, 0.5) is 0 Å². The summed E-state index contributed by atoms with van der Waals surface area (Å²) in [5, 5.41) is 3.21. The van der Waals surface area contributed by atoms with E-state index in [2.05, 4.69) is 10.2 Å². The standard InChI is InChI=1S/C14H27N3O2/c1-3-19-12-5-4-8-17(9-12)10-14(16-2,13(15)18)11-6-7-11/h11-12,16H,3-10H2,1-2H3,(H2,15,18). The molecule has 0 radical (unpaired) electrons. The molecule has 2 atom stereocenters. The van der Waals surface area contributed by atoms with E-state index >= 15 is 0 Å². The highest BCUT2D eigenvalue weighted by Crippen LogP contribution is 2.40. The van der Waals surface area contributed by atoms with Crippen molar-refractivity contribution in [3.8, 4) is 0 Å². The van der Waals surface area contributed by atoms with Gasteiger partial charge in [0.2, 0.25) is 5.91 Å². The summed E-state index contributed by atoms with van der Waals surface area (Å²) >= 11 is 0. The number of likely N-dealkylation sites (N-methyl/N-ethyl adjacent to an activating group) is 1. The fourth-order valence-corrected chi connectivity index (χ4v) is 3.27. The lowest BCUT2D eigenvalue weighted by Gasteiger charge is -2.39. The molecule has 0 bridgehead atoms. The SMILES string of the molecule is CCOC1CCCN(CC(NC)(C(N)=O)C2CC2)C1. The summed E-state index contributed by atoms with van der Waals surface area (Å²) in [5.74, 6) is 0.193. The number of carbonyl (C=O) groups is 1. The van der Waals surface area contributed by atoms with E-state index in [4.69, 9.17) is 10.5 Å². The zero-order chi connectivity index (χ0) is 13.9. The van der Waals surface area contributed by atoms with Crippen molar-refractivity contribution in [3.63, 3.8) is 0 Å². The summed E-state index contributed by atoms with van der Waals surface area (Å²) in [5.41, 5.74) is 5.13. The smallest absolute Gasteiger partial charge is 0.239 e. The molecule has 5 heteroatoms. The summed E-state index contributed by atoms with van der Waals surface area (Å²) < 4.78 is 5.72. The Bertz CT molecular complexity index is 318. The van der Waals surface area contributed by atoms with Crippen LogP contribution in [0.1, 0.15) is 32.6 Å². The van der Waals surface area contributed by atoms with Crippen LogP contribution in [0.2, 0.25) is 0 Å². The van der Waals surface area contributed by atoms with Crippen LogP contribution in [0.5, 0.6) is 0 Å². The lowest BCUT2D eigenvalue weighted by Crippen LogP contribution is -2.63. The average Bonchev–Trinajstić information content (AvgIpc) is 3.21. The van der Waals surface area contributed by atoms with Crippen molar-refractivity contribution in [1.82, 2.24) is 10.2 Å². The third-order valence-corrected chi connectivity index (χ3v) is 4.50. The monoisotopic (exact) mass is 269 g/mol. The fraction of sp³-hybridized carbons (Fsp3) is 0.929. The molecule has 1 saturated heterocycles. The third-order valence-electron chi connectivity index (χ3n) is 4.50. The van der Waals surface area contributed by atoms with Gasteiger partial charge < -0.3 is 15.8 Å². The first-order chi connectivity index (χ1) is 9.12. The minimum Gasteiger partial charge on any atom is -0.377 e. The van der Waals surface area contributed by atoms with E-state index in [0.29, 0.717) is 18.6 Å². The molecule has 1 amide bonds. The van der Waals surface area contributed by atoms with Crippen molar-refractivity contribution in [3.05, 3.63) is 0 Å². The van der Waals surface area contributed by atoms with E-state index in [1.807, 2.05) is 14.0 Å². The molecule has 2 aliphatic rings. The van der Waals surface area contributed by atoms with Gasteiger partial charge in [-0.1, -0.05) is 0 Å². The van der Waals surface area contributed by atoms with E-state index in [9.17, 15) is 4.79 Å². The molecule has 110 valence electrons. The minimum absolute atomic E-state index is 0.212. The van der Waals surface area contributed by atoms with Gasteiger partial charge in [-0.25, -0.2) is 0 Å². The van der Waals surface area contributed by atoms with Gasteiger partial charge in [0.15, 0.2) is 0 Å². The maximum Gasteiger partial charge on any atom is 0.239 e. The molecule has 0 aromatic carbocycles. The van der Waals surface area contributed by atoms with Crippen LogP contribution in [0, 0.1) is 5.92 Å². The Balaban J connectivity index is 1.98. The van der Waals surface area contributed by atoms with Crippen molar-refractivity contribution >= 4 is 5.91 Å². The van der Waals surface area contributed by atoms with Gasteiger partial charge in [-0.2, -0.15) is 0 Å². The number of ether oxygens (including phenoxy) is 1. The predicted molar refractivity (Wildman–Crippen MR) is 74.8 cm³/mol. The zero-order valence-corrected chi connectivity index (χ0v) is 12.2. The molecule has 0 aromatic heterocycles. The number of hydrogen-bond acceptors (Lipinski definition) is 4. The predicted octanol–water partition coefficient (Wildman–Crippen LogP) is 0.341. The van der Waals surface area contributed by atoms with E-state index < -0.39 is 5.54 Å². The largest absolute Gasteiger partial charge is 0.377 e. The van der Waals surface area contributed by atoms with Gasteiger partial charge in [-0.15, -0.1) is 0 Å². The van der Waals surface area contributed by atoms with E-state index in [-0.39, 0.29) is 5.91 Å². The fourth-order valence-electron chi connectivity index (χ4n) is 3.27. The molecule has 19 heavy (non-hydrogen) atoms. The normalized spacial score (nSPS) is 28.0. The molecule has 2 fully saturated rings. The van der Waals surface area contributed by atoms with Gasteiger partial charge in [0, 0.05) is 19.7 Å². The highest BCUT2D eigenvalue weighted by Gasteiger charge is 2.49. The number of primary amides is 1. The van der Waals surface area contributed by atoms with E-state index in [0.717, 1.165) is 45.4 Å². The Morgan fingerprint density at radius 2 is 2.21 bits per heavy atom. The third kappa shape index (κ3) is 3.27. The minimum atomic E-state index is -0.548. The number of carbonyl (C=O) groups excluding carboxylic acids is 1. The number of hydrogen-bond donors (Lipinski definition) is 2. The maximum absolute atomic E-state index is 11.9. The van der Waals surface area contributed by atoms with Crippen molar-refractivity contribution in [2.75, 3.05) is 33.3 Å². The second kappa shape index (κ2) is 6.20. The molecule has 1 saturated carbocycles. The first kappa shape index (κ1) is 14.8. The topological polar surface area (TPSA) is 67.6 Å². The van der Waals surface area contributed by atoms with Crippen LogP contribution in [0.3, 0.4) is 0 Å². The van der Waals surface area contributed by atoms with Crippen molar-refractivity contribution < 1.29 is 9.53 Å². The van der Waals surface area contributed by atoms with Crippen LogP contribution in [0.25, 0.3) is 0 Å². The summed E-state index contributed by atoms with van der Waals surface area (Å²) in [7, 11) is 1.85. The Morgan fingerprint density at radius 1 is 1.47 bits per heavy atom. The van der Waals surface area contributed by atoms with Gasteiger partial charge in [-0.3, -0.25) is 9.69 Å². The Labute approximate surface area is 115 Å². The summed E-state index contributed by atoms with van der Waals surface area (Å²) in [6.45, 7) is 5.45. The number of likely N-dealkylation sites (tertiary alicyclic amines) is 1. The number of amides is 1. The van der Waals surface area contributed by atoms with Gasteiger partial charge in [0.05, 0.1) is 6.10 Å². The lowest BCUT2D eigenvalue weighted by molar-refractivity contribution is -0.126. The quantitative estimate of drug-likeness (QED) is 0.699. The molecule has 1 aliphatic carbocycles. The highest BCUT2D eigenvalue weighted by atomic mass is 16.5. The van der Waals surface area contributed by atoms with Gasteiger partial charge in [-0.05, 0) is 52.1 Å². The number of piperidine rings is 1. The Kier molecular flexibility index (Phi) is 4.81. The van der Waals surface area contributed by atoms with Crippen molar-refractivity contribution in [2.24, 2.45) is 11.7 Å². The number of nitrogens with zero attached hydrogens (tertiary/aromatic N) is 1. The average molecular weight is 269 g/mol. The molecular weight excluding hydrogens is 242 g/mol. The molecule has 0 aromatic rings. The van der Waals surface area contributed by atoms with Gasteiger partial charge in [0.1, 0.15) is 5.54 Å². The van der Waals surface area contributed by atoms with E-state index in [1.54, 1.807) is 0 Å². The summed E-state index contributed by atoms with van der Waals surface area (Å²) in [4.78, 5) is 14.3. The number of nitrogens with one attached hydrogen (secondary N) is 1. The van der Waals surface area contributed by atoms with Crippen LogP contribution in [-0.4, -0.2) is 55.7 Å². The molecule has 3 N–H and O–H groups in total. The van der Waals surface area contributed by atoms with E-state index in [1.165, 1.54) is 0 Å². The Morgan fingerprint density at radius 3 is 2.74 bits per heavy atom. The van der Waals surface area contributed by atoms with Crippen molar-refractivity contribution in [1.29, 1.82) is 0 Å². The van der Waals surface area contributed by atoms with Crippen LogP contribution < -0.4 is 11.1 Å². The van der Waals surface area contributed by atoms with Gasteiger partial charge in [0.25, 0.3) is 0 Å². The Hall–Kier alpha value is -0.650. The highest BCUT2D eigenvalue weighted by molar-refractivity contribution is 5.86. The molecule has 1 aliphatic heterocycles. The van der Waals surface area contributed by atoms with Crippen molar-refractivity contribution in [2.45, 2.75) is 44.2 Å². The zero-order valence-electron chi connectivity index (χ0n) is 12.2. The molecular formula is C14H27N3O2. The molecule has 2 unspecified atom stereocenters. The second-order valence-electron chi connectivity index (χ2n) is 5.81. The first-order valence-electron chi connectivity index (χ1n) is 7.45. The van der Waals surface area contributed by atoms with Crippen LogP contribution in [-0.2, 0) is 9.53 Å². The molecule has 1 heterocycles. The molecule has 5 nitrogen and oxygen atoms in total.